The predicted molar refractivity (Wildman–Crippen MR) is 94.8 cm³/mol. The van der Waals surface area contributed by atoms with E-state index in [0.717, 1.165) is 43.2 Å². The second-order valence-electron chi connectivity index (χ2n) is 5.89. The second kappa shape index (κ2) is 8.13. The Hall–Kier alpha value is -1.62. The lowest BCUT2D eigenvalue weighted by molar-refractivity contribution is -0.122. The van der Waals surface area contributed by atoms with Crippen molar-refractivity contribution >= 4 is 28.9 Å². The first-order chi connectivity index (χ1) is 10.6. The highest BCUT2D eigenvalue weighted by Crippen LogP contribution is 2.18. The molecule has 5 heteroatoms. The van der Waals surface area contributed by atoms with E-state index in [1.807, 2.05) is 0 Å². The van der Waals surface area contributed by atoms with Gasteiger partial charge >= 0.3 is 0 Å². The monoisotopic (exact) mass is 319 g/mol. The zero-order valence-corrected chi connectivity index (χ0v) is 14.0. The van der Waals surface area contributed by atoms with Crippen LogP contribution in [0.4, 0.5) is 5.69 Å². The molecule has 1 fully saturated rings. The number of nitrogens with zero attached hydrogens (tertiary/aromatic N) is 1. The van der Waals surface area contributed by atoms with Crippen molar-refractivity contribution in [3.05, 3.63) is 29.8 Å². The molecule has 2 rings (SSSR count). The first-order valence-electron chi connectivity index (χ1n) is 8.04. The molecule has 1 heterocycles. The van der Waals surface area contributed by atoms with Crippen molar-refractivity contribution < 1.29 is 4.79 Å². The quantitative estimate of drug-likeness (QED) is 0.819. The van der Waals surface area contributed by atoms with E-state index < -0.39 is 0 Å². The van der Waals surface area contributed by atoms with Gasteiger partial charge in [0, 0.05) is 24.7 Å². The number of piperidine rings is 1. The summed E-state index contributed by atoms with van der Waals surface area (Å²) in [6.07, 6.45) is 5.13. The van der Waals surface area contributed by atoms with E-state index in [2.05, 4.69) is 41.4 Å². The van der Waals surface area contributed by atoms with Crippen LogP contribution in [0.5, 0.6) is 0 Å². The minimum atomic E-state index is -0.193. The largest absolute Gasteiger partial charge is 0.369 e. The molecule has 0 atom stereocenters. The van der Waals surface area contributed by atoms with Crippen molar-refractivity contribution in [3.63, 3.8) is 0 Å². The number of carbonyl (C=O) groups excluding carboxylic acids is 1. The SMILES string of the molecule is CCCCc1ccc(NC(=S)N2CCC(C(N)=O)CC2)cc1. The van der Waals surface area contributed by atoms with Gasteiger partial charge in [-0.3, -0.25) is 4.79 Å². The van der Waals surface area contributed by atoms with Crippen LogP contribution in [0.3, 0.4) is 0 Å². The van der Waals surface area contributed by atoms with E-state index in [-0.39, 0.29) is 11.8 Å². The molecule has 0 bridgehead atoms. The number of nitrogens with two attached hydrogens (primary N) is 1. The van der Waals surface area contributed by atoms with E-state index in [1.165, 1.54) is 18.4 Å². The molecule has 1 aromatic rings. The fraction of sp³-hybridized carbons (Fsp3) is 0.529. The Balaban J connectivity index is 1.83. The average Bonchev–Trinajstić information content (AvgIpc) is 2.54. The van der Waals surface area contributed by atoms with Crippen LogP contribution in [0.25, 0.3) is 0 Å². The van der Waals surface area contributed by atoms with Gasteiger partial charge in [-0.1, -0.05) is 25.5 Å². The maximum atomic E-state index is 11.2. The smallest absolute Gasteiger partial charge is 0.220 e. The van der Waals surface area contributed by atoms with Crippen LogP contribution in [-0.4, -0.2) is 29.0 Å². The summed E-state index contributed by atoms with van der Waals surface area (Å²) in [6, 6.07) is 8.46. The number of rotatable bonds is 5. The molecular formula is C17H25N3OS. The number of likely N-dealkylation sites (tertiary alicyclic amines) is 1. The van der Waals surface area contributed by atoms with Gasteiger partial charge in [-0.05, 0) is 55.6 Å². The third kappa shape index (κ3) is 4.70. The van der Waals surface area contributed by atoms with Crippen LogP contribution in [0.2, 0.25) is 0 Å². The first-order valence-corrected chi connectivity index (χ1v) is 8.45. The van der Waals surface area contributed by atoms with E-state index >= 15 is 0 Å². The fourth-order valence-corrected chi connectivity index (χ4v) is 3.01. The average molecular weight is 319 g/mol. The summed E-state index contributed by atoms with van der Waals surface area (Å²) in [4.78, 5) is 13.3. The summed E-state index contributed by atoms with van der Waals surface area (Å²) in [5.41, 5.74) is 7.73. The lowest BCUT2D eigenvalue weighted by Gasteiger charge is -2.32. The molecule has 0 radical (unpaired) electrons. The van der Waals surface area contributed by atoms with E-state index in [0.29, 0.717) is 0 Å². The van der Waals surface area contributed by atoms with Crippen molar-refractivity contribution in [1.29, 1.82) is 0 Å². The topological polar surface area (TPSA) is 58.4 Å². The summed E-state index contributed by atoms with van der Waals surface area (Å²) < 4.78 is 0. The molecule has 0 unspecified atom stereocenters. The molecule has 4 nitrogen and oxygen atoms in total. The minimum absolute atomic E-state index is 0.00287. The van der Waals surface area contributed by atoms with Gasteiger partial charge < -0.3 is 16.0 Å². The standard InChI is InChI=1S/C17H25N3OS/c1-2-3-4-13-5-7-15(8-6-13)19-17(22)20-11-9-14(10-12-20)16(18)21/h5-8,14H,2-4,9-12H2,1H3,(H2,18,21)(H,19,22). The molecule has 22 heavy (non-hydrogen) atoms. The molecule has 3 N–H and O–H groups in total. The molecule has 1 aromatic carbocycles. The number of primary amides is 1. The van der Waals surface area contributed by atoms with Crippen molar-refractivity contribution in [1.82, 2.24) is 4.90 Å². The molecule has 120 valence electrons. The van der Waals surface area contributed by atoms with Crippen LogP contribution in [0.15, 0.2) is 24.3 Å². The first kappa shape index (κ1) is 16.7. The van der Waals surface area contributed by atoms with Crippen LogP contribution in [-0.2, 0) is 11.2 Å². The predicted octanol–water partition coefficient (Wildman–Crippen LogP) is 2.92. The Kier molecular flexibility index (Phi) is 6.19. The zero-order chi connectivity index (χ0) is 15.9. The maximum absolute atomic E-state index is 11.2. The number of anilines is 1. The van der Waals surface area contributed by atoms with Crippen molar-refractivity contribution in [2.24, 2.45) is 11.7 Å². The Bertz CT molecular complexity index is 507. The Labute approximate surface area is 138 Å². The van der Waals surface area contributed by atoms with Gasteiger partial charge in [-0.2, -0.15) is 0 Å². The van der Waals surface area contributed by atoms with Crippen LogP contribution >= 0.6 is 12.2 Å². The highest BCUT2D eigenvalue weighted by molar-refractivity contribution is 7.80. The van der Waals surface area contributed by atoms with Crippen LogP contribution in [0, 0.1) is 5.92 Å². The zero-order valence-electron chi connectivity index (χ0n) is 13.2. The van der Waals surface area contributed by atoms with E-state index in [1.54, 1.807) is 0 Å². The molecule has 0 spiro atoms. The fourth-order valence-electron chi connectivity index (χ4n) is 2.71. The summed E-state index contributed by atoms with van der Waals surface area (Å²) in [7, 11) is 0. The van der Waals surface area contributed by atoms with Gasteiger partial charge in [0.25, 0.3) is 0 Å². The summed E-state index contributed by atoms with van der Waals surface area (Å²) in [6.45, 7) is 3.78. The Morgan fingerprint density at radius 3 is 2.50 bits per heavy atom. The maximum Gasteiger partial charge on any atom is 0.220 e. The lowest BCUT2D eigenvalue weighted by Crippen LogP contribution is -2.43. The van der Waals surface area contributed by atoms with Crippen LogP contribution in [0.1, 0.15) is 38.2 Å². The second-order valence-corrected chi connectivity index (χ2v) is 6.28. The van der Waals surface area contributed by atoms with Crippen molar-refractivity contribution in [3.8, 4) is 0 Å². The van der Waals surface area contributed by atoms with Crippen molar-refractivity contribution in [2.75, 3.05) is 18.4 Å². The summed E-state index contributed by atoms with van der Waals surface area (Å²) in [5, 5.41) is 4.01. The highest BCUT2D eigenvalue weighted by atomic mass is 32.1. The highest BCUT2D eigenvalue weighted by Gasteiger charge is 2.24. The van der Waals surface area contributed by atoms with Gasteiger partial charge in [-0.15, -0.1) is 0 Å². The van der Waals surface area contributed by atoms with Crippen LogP contribution < -0.4 is 11.1 Å². The normalized spacial score (nSPS) is 15.6. The number of thiocarbonyl (C=S) groups is 1. The Morgan fingerprint density at radius 1 is 1.32 bits per heavy atom. The van der Waals surface area contributed by atoms with Gasteiger partial charge in [0.15, 0.2) is 5.11 Å². The Morgan fingerprint density at radius 2 is 1.95 bits per heavy atom. The number of carbonyl (C=O) groups is 1. The van der Waals surface area contributed by atoms with Gasteiger partial charge in [0.05, 0.1) is 0 Å². The van der Waals surface area contributed by atoms with E-state index in [9.17, 15) is 4.79 Å². The molecule has 1 aliphatic rings. The number of hydrogen-bond donors (Lipinski definition) is 2. The summed E-state index contributed by atoms with van der Waals surface area (Å²) >= 11 is 5.46. The molecule has 0 aromatic heterocycles. The summed E-state index contributed by atoms with van der Waals surface area (Å²) in [5.74, 6) is -0.196. The molecule has 1 amide bonds. The molecule has 0 aliphatic carbocycles. The minimum Gasteiger partial charge on any atom is -0.369 e. The van der Waals surface area contributed by atoms with Gasteiger partial charge in [0.2, 0.25) is 5.91 Å². The van der Waals surface area contributed by atoms with Gasteiger partial charge in [0.1, 0.15) is 0 Å². The van der Waals surface area contributed by atoms with Gasteiger partial charge in [-0.25, -0.2) is 0 Å². The number of benzene rings is 1. The number of nitrogens with one attached hydrogen (secondary N) is 1. The number of amides is 1. The third-order valence-corrected chi connectivity index (χ3v) is 4.57. The third-order valence-electron chi connectivity index (χ3n) is 4.21. The number of hydrogen-bond acceptors (Lipinski definition) is 2. The number of unbranched alkanes of at least 4 members (excludes halogenated alkanes) is 1. The lowest BCUT2D eigenvalue weighted by atomic mass is 9.97. The molecule has 0 saturated carbocycles. The molecule has 1 saturated heterocycles. The van der Waals surface area contributed by atoms with E-state index in [4.69, 9.17) is 18.0 Å². The number of aryl methyl sites for hydroxylation is 1. The molecule has 1 aliphatic heterocycles. The molecular weight excluding hydrogens is 294 g/mol. The van der Waals surface area contributed by atoms with Crippen molar-refractivity contribution in [2.45, 2.75) is 39.0 Å².